The molecule has 9 heavy (non-hydrogen) atoms. The molecule has 1 aromatic rings. The van der Waals surface area contributed by atoms with Crippen LogP contribution in [0.2, 0.25) is 0 Å². The van der Waals surface area contributed by atoms with Crippen molar-refractivity contribution >= 4 is 42.2 Å². The van der Waals surface area contributed by atoms with E-state index in [4.69, 9.17) is 0 Å². The van der Waals surface area contributed by atoms with E-state index in [1.807, 2.05) is 31.2 Å². The molecule has 0 saturated carbocycles. The average Bonchev–Trinajstić information content (AvgIpc) is 1.77. The van der Waals surface area contributed by atoms with Gasteiger partial charge in [0.25, 0.3) is 0 Å². The van der Waals surface area contributed by atoms with Crippen molar-refractivity contribution in [3.63, 3.8) is 0 Å². The van der Waals surface area contributed by atoms with Crippen LogP contribution in [0.4, 0.5) is 0 Å². The third kappa shape index (κ3) is 2.76. The van der Waals surface area contributed by atoms with Crippen molar-refractivity contribution in [2.75, 3.05) is 0 Å². The molecule has 0 amide bonds. The Hall–Kier alpha value is 0.570. The van der Waals surface area contributed by atoms with E-state index in [0.29, 0.717) is 0 Å². The Morgan fingerprint density at radius 2 is 1.78 bits per heavy atom. The number of benzene rings is 1. The van der Waals surface area contributed by atoms with E-state index >= 15 is 0 Å². The van der Waals surface area contributed by atoms with Gasteiger partial charge in [-0.15, -0.1) is 12.6 Å². The molecule has 0 aliphatic carbocycles. The minimum absolute atomic E-state index is 0. The Kier molecular flexibility index (Phi) is 4.67. The van der Waals surface area contributed by atoms with Crippen molar-refractivity contribution < 1.29 is 0 Å². The first kappa shape index (κ1) is 9.57. The molecule has 0 saturated heterocycles. The Bertz CT molecular complexity index is 165. The zero-order chi connectivity index (χ0) is 5.98. The molecule has 0 heterocycles. The molecule has 1 radical (unpaired) electrons. The van der Waals surface area contributed by atoms with E-state index in [0.717, 1.165) is 4.90 Å². The van der Waals surface area contributed by atoms with Gasteiger partial charge < -0.3 is 0 Å². The number of hydrogen-bond donors (Lipinski definition) is 1. The molecule has 0 fully saturated rings. The largest absolute Gasteiger partial charge is 0.143 e. The van der Waals surface area contributed by atoms with Crippen LogP contribution in [0.1, 0.15) is 5.56 Å². The number of hydrogen-bond acceptors (Lipinski definition) is 1. The summed E-state index contributed by atoms with van der Waals surface area (Å²) in [5.41, 5.74) is 1.23. The van der Waals surface area contributed by atoms with Crippen LogP contribution in [-0.4, -0.2) is 29.6 Å². The molecular formula is C7H8NaS. The topological polar surface area (TPSA) is 0 Å². The molecule has 1 aromatic carbocycles. The van der Waals surface area contributed by atoms with Gasteiger partial charge in [-0.3, -0.25) is 0 Å². The summed E-state index contributed by atoms with van der Waals surface area (Å²) in [6.45, 7) is 2.04. The first-order valence-corrected chi connectivity index (χ1v) is 3.00. The van der Waals surface area contributed by atoms with E-state index in [2.05, 4.69) is 12.6 Å². The molecule has 0 spiro atoms. The molecule has 1 rings (SSSR count). The van der Waals surface area contributed by atoms with Crippen molar-refractivity contribution in [1.82, 2.24) is 0 Å². The summed E-state index contributed by atoms with van der Waals surface area (Å²) in [6, 6.07) is 8.02. The third-order valence-electron chi connectivity index (χ3n) is 1.12. The molecule has 2 heteroatoms. The second-order valence-electron chi connectivity index (χ2n) is 1.79. The van der Waals surface area contributed by atoms with Crippen LogP contribution in [0.3, 0.4) is 0 Å². The summed E-state index contributed by atoms with van der Waals surface area (Å²) in [6.07, 6.45) is 0. The first-order valence-electron chi connectivity index (χ1n) is 2.55. The molecule has 0 aliphatic heterocycles. The van der Waals surface area contributed by atoms with Crippen molar-refractivity contribution in [3.8, 4) is 0 Å². The van der Waals surface area contributed by atoms with Gasteiger partial charge in [-0.2, -0.15) is 0 Å². The third-order valence-corrected chi connectivity index (χ3v) is 1.62. The number of aryl methyl sites for hydroxylation is 1. The van der Waals surface area contributed by atoms with Gasteiger partial charge in [0.1, 0.15) is 0 Å². The van der Waals surface area contributed by atoms with Crippen molar-refractivity contribution in [1.29, 1.82) is 0 Å². The van der Waals surface area contributed by atoms with E-state index in [1.165, 1.54) is 5.56 Å². The smallest absolute Gasteiger partial charge is 0.00692 e. The Morgan fingerprint density at radius 1 is 1.22 bits per heavy atom. The van der Waals surface area contributed by atoms with Gasteiger partial charge in [0.15, 0.2) is 0 Å². The van der Waals surface area contributed by atoms with Crippen LogP contribution < -0.4 is 0 Å². The quantitative estimate of drug-likeness (QED) is 0.420. The van der Waals surface area contributed by atoms with Gasteiger partial charge in [0.2, 0.25) is 0 Å². The maximum Gasteiger partial charge on any atom is 0.00692 e. The second kappa shape index (κ2) is 4.40. The van der Waals surface area contributed by atoms with E-state index in [1.54, 1.807) is 0 Å². The molecule has 0 unspecified atom stereocenters. The van der Waals surface area contributed by atoms with Crippen molar-refractivity contribution in [2.45, 2.75) is 11.8 Å². The summed E-state index contributed by atoms with van der Waals surface area (Å²) in [5, 5.41) is 0. The summed E-state index contributed by atoms with van der Waals surface area (Å²) in [5.74, 6) is 0. The maximum absolute atomic E-state index is 4.20. The second-order valence-corrected chi connectivity index (χ2v) is 2.27. The van der Waals surface area contributed by atoms with E-state index < -0.39 is 0 Å². The number of rotatable bonds is 0. The monoisotopic (exact) mass is 147 g/mol. The average molecular weight is 147 g/mol. The van der Waals surface area contributed by atoms with Gasteiger partial charge in [-0.05, 0) is 18.6 Å². The standard InChI is InChI=1S/C7H8S.Na/c1-6-4-2-3-5-7(6)8;/h2-5,8H,1H3;. The number of thiol groups is 1. The molecule has 0 bridgehead atoms. The zero-order valence-corrected chi connectivity index (χ0v) is 8.65. The molecule has 0 aromatic heterocycles. The van der Waals surface area contributed by atoms with Crippen LogP contribution in [0.5, 0.6) is 0 Å². The summed E-state index contributed by atoms with van der Waals surface area (Å²) in [7, 11) is 0. The molecular weight excluding hydrogens is 139 g/mol. The van der Waals surface area contributed by atoms with Crippen LogP contribution in [0, 0.1) is 6.92 Å². The van der Waals surface area contributed by atoms with Crippen molar-refractivity contribution in [2.24, 2.45) is 0 Å². The zero-order valence-electron chi connectivity index (χ0n) is 5.76. The normalized spacial score (nSPS) is 8.22. The van der Waals surface area contributed by atoms with Crippen LogP contribution in [-0.2, 0) is 0 Å². The maximum atomic E-state index is 4.20. The molecule has 43 valence electrons. The fraction of sp³-hybridized carbons (Fsp3) is 0.143. The Balaban J connectivity index is 0.000000640. The van der Waals surface area contributed by atoms with Gasteiger partial charge in [-0.25, -0.2) is 0 Å². The van der Waals surface area contributed by atoms with Crippen LogP contribution >= 0.6 is 12.6 Å². The summed E-state index contributed by atoms with van der Waals surface area (Å²) >= 11 is 4.20. The van der Waals surface area contributed by atoms with Crippen LogP contribution in [0.25, 0.3) is 0 Å². The predicted molar refractivity (Wildman–Crippen MR) is 44.2 cm³/mol. The van der Waals surface area contributed by atoms with Gasteiger partial charge >= 0.3 is 0 Å². The first-order chi connectivity index (χ1) is 3.80. The molecule has 0 N–H and O–H groups in total. The van der Waals surface area contributed by atoms with E-state index in [-0.39, 0.29) is 29.6 Å². The van der Waals surface area contributed by atoms with Crippen LogP contribution in [0.15, 0.2) is 29.2 Å². The summed E-state index contributed by atoms with van der Waals surface area (Å²) in [4.78, 5) is 1.06. The molecule has 0 nitrogen and oxygen atoms in total. The predicted octanol–water partition coefficient (Wildman–Crippen LogP) is 1.90. The minimum Gasteiger partial charge on any atom is -0.143 e. The van der Waals surface area contributed by atoms with Crippen molar-refractivity contribution in [3.05, 3.63) is 29.8 Å². The SMILES string of the molecule is Cc1ccccc1S.[Na]. The fourth-order valence-corrected chi connectivity index (χ4v) is 0.724. The summed E-state index contributed by atoms with van der Waals surface area (Å²) < 4.78 is 0. The van der Waals surface area contributed by atoms with E-state index in [9.17, 15) is 0 Å². The van der Waals surface area contributed by atoms with Gasteiger partial charge in [0, 0.05) is 34.5 Å². The van der Waals surface area contributed by atoms with Gasteiger partial charge in [0.05, 0.1) is 0 Å². The Labute approximate surface area is 83.4 Å². The fourth-order valence-electron chi connectivity index (χ4n) is 0.563. The molecule has 0 atom stereocenters. The Morgan fingerprint density at radius 3 is 2.11 bits per heavy atom. The van der Waals surface area contributed by atoms with Gasteiger partial charge in [-0.1, -0.05) is 18.2 Å². The minimum atomic E-state index is 0. The molecule has 0 aliphatic rings.